The van der Waals surface area contributed by atoms with Gasteiger partial charge >= 0.3 is 5.76 Å². The topological polar surface area (TPSA) is 95.6 Å². The number of hydrogen-bond donors (Lipinski definition) is 0. The Bertz CT molecular complexity index is 786. The first-order valence-corrected chi connectivity index (χ1v) is 7.65. The van der Waals surface area contributed by atoms with Crippen LogP contribution < -0.4 is 5.76 Å². The van der Waals surface area contributed by atoms with Gasteiger partial charge < -0.3 is 4.42 Å². The summed E-state index contributed by atoms with van der Waals surface area (Å²) in [5.41, 5.74) is 1.29. The number of carbonyl (C=O) groups excluding carboxylic acids is 1. The fourth-order valence-corrected chi connectivity index (χ4v) is 2.22. The van der Waals surface area contributed by atoms with E-state index in [9.17, 15) is 18.0 Å². The lowest BCUT2D eigenvalue weighted by Gasteiger charge is -2.02. The van der Waals surface area contributed by atoms with Crippen molar-refractivity contribution in [3.05, 3.63) is 34.3 Å². The highest BCUT2D eigenvalue weighted by atomic mass is 32.2. The van der Waals surface area contributed by atoms with Gasteiger partial charge in [-0.15, -0.1) is 0 Å². The van der Waals surface area contributed by atoms with Gasteiger partial charge in [0.1, 0.15) is 6.29 Å². The molecule has 2 aromatic rings. The molecule has 108 valence electrons. The molecular formula is C12H13NO6S. The molecule has 20 heavy (non-hydrogen) atoms. The lowest BCUT2D eigenvalue weighted by atomic mass is 10.2. The second-order valence-corrected chi connectivity index (χ2v) is 5.89. The number of aryl methyl sites for hydroxylation is 1. The van der Waals surface area contributed by atoms with Crippen LogP contribution in [-0.2, 0) is 20.8 Å². The van der Waals surface area contributed by atoms with Crippen molar-refractivity contribution in [1.29, 1.82) is 0 Å². The van der Waals surface area contributed by atoms with Crippen molar-refractivity contribution < 1.29 is 21.8 Å². The third-order valence-electron chi connectivity index (χ3n) is 2.65. The maximum atomic E-state index is 11.7. The van der Waals surface area contributed by atoms with Crippen molar-refractivity contribution in [3.63, 3.8) is 0 Å². The smallest absolute Gasteiger partial charge is 0.408 e. The predicted molar refractivity (Wildman–Crippen MR) is 71.3 cm³/mol. The summed E-state index contributed by atoms with van der Waals surface area (Å²) < 4.78 is 32.6. The maximum Gasteiger partial charge on any atom is 0.419 e. The van der Waals surface area contributed by atoms with E-state index >= 15 is 0 Å². The van der Waals surface area contributed by atoms with Crippen LogP contribution in [0.15, 0.2) is 27.4 Å². The van der Waals surface area contributed by atoms with Gasteiger partial charge in [-0.3, -0.25) is 13.5 Å². The first kappa shape index (κ1) is 14.5. The Labute approximate surface area is 114 Å². The van der Waals surface area contributed by atoms with Crippen LogP contribution in [0.5, 0.6) is 0 Å². The van der Waals surface area contributed by atoms with Crippen molar-refractivity contribution in [2.45, 2.75) is 13.0 Å². The minimum absolute atomic E-state index is 0.00956. The van der Waals surface area contributed by atoms with E-state index in [1.165, 1.54) is 10.6 Å². The lowest BCUT2D eigenvalue weighted by Crippen LogP contribution is -2.16. The molecule has 0 amide bonds. The molecule has 0 fully saturated rings. The van der Waals surface area contributed by atoms with Crippen LogP contribution >= 0.6 is 0 Å². The van der Waals surface area contributed by atoms with Gasteiger partial charge in [0, 0.05) is 12.1 Å². The zero-order chi connectivity index (χ0) is 14.8. The van der Waals surface area contributed by atoms with Crippen molar-refractivity contribution in [3.8, 4) is 0 Å². The predicted octanol–water partition coefficient (Wildman–Crippen LogP) is 0.773. The molecule has 2 rings (SSSR count). The van der Waals surface area contributed by atoms with E-state index in [-0.39, 0.29) is 13.2 Å². The molecule has 1 heterocycles. The number of aldehydes is 1. The van der Waals surface area contributed by atoms with E-state index in [1.807, 2.05) is 0 Å². The monoisotopic (exact) mass is 299 g/mol. The van der Waals surface area contributed by atoms with Crippen LogP contribution in [0.25, 0.3) is 11.1 Å². The Balaban J connectivity index is 2.16. The van der Waals surface area contributed by atoms with E-state index in [1.54, 1.807) is 12.1 Å². The number of rotatable bonds is 6. The molecule has 0 spiro atoms. The summed E-state index contributed by atoms with van der Waals surface area (Å²) in [7, 11) is -3.48. The number of oxazole rings is 1. The number of hydrogen-bond acceptors (Lipinski definition) is 6. The molecule has 1 aromatic heterocycles. The van der Waals surface area contributed by atoms with Gasteiger partial charge in [0.2, 0.25) is 0 Å². The van der Waals surface area contributed by atoms with Gasteiger partial charge in [0.15, 0.2) is 5.58 Å². The molecule has 0 aliphatic carbocycles. The third-order valence-corrected chi connectivity index (χ3v) is 3.25. The molecule has 0 radical (unpaired) electrons. The first-order valence-electron chi connectivity index (χ1n) is 5.84. The molecule has 0 N–H and O–H groups in total. The van der Waals surface area contributed by atoms with Gasteiger partial charge in [-0.2, -0.15) is 8.42 Å². The standard InChI is InChI=1S/C12H13NO6S/c1-20(16,17)18-6-2-5-13-10-4-3-9(8-14)7-11(10)19-12(13)15/h3-4,7-8H,2,5-6H2,1H3. The summed E-state index contributed by atoms with van der Waals surface area (Å²) in [6.45, 7) is 0.256. The second-order valence-electron chi connectivity index (χ2n) is 4.24. The molecule has 0 unspecified atom stereocenters. The fraction of sp³-hybridized carbons (Fsp3) is 0.333. The molecule has 0 aliphatic heterocycles. The third kappa shape index (κ3) is 3.34. The van der Waals surface area contributed by atoms with E-state index in [2.05, 4.69) is 4.18 Å². The second kappa shape index (κ2) is 5.59. The van der Waals surface area contributed by atoms with E-state index in [4.69, 9.17) is 4.42 Å². The van der Waals surface area contributed by atoms with Crippen LogP contribution in [-0.4, -0.2) is 32.1 Å². The normalized spacial score (nSPS) is 11.8. The maximum absolute atomic E-state index is 11.7. The average Bonchev–Trinajstić information content (AvgIpc) is 2.68. The molecule has 8 heteroatoms. The Hall–Kier alpha value is -1.93. The molecule has 0 bridgehead atoms. The summed E-state index contributed by atoms with van der Waals surface area (Å²) in [5, 5.41) is 0. The SMILES string of the molecule is CS(=O)(=O)OCCCn1c(=O)oc2cc(C=O)ccc21. The Morgan fingerprint density at radius 3 is 2.80 bits per heavy atom. The summed E-state index contributed by atoms with van der Waals surface area (Å²) >= 11 is 0. The number of carbonyl (C=O) groups is 1. The number of benzene rings is 1. The highest BCUT2D eigenvalue weighted by molar-refractivity contribution is 7.85. The van der Waals surface area contributed by atoms with Gasteiger partial charge in [0.25, 0.3) is 10.1 Å². The molecule has 1 aromatic carbocycles. The van der Waals surface area contributed by atoms with Gasteiger partial charge in [-0.05, 0) is 24.6 Å². The van der Waals surface area contributed by atoms with Crippen molar-refractivity contribution in [2.75, 3.05) is 12.9 Å². The van der Waals surface area contributed by atoms with Crippen LogP contribution in [0, 0.1) is 0 Å². The Morgan fingerprint density at radius 2 is 2.15 bits per heavy atom. The van der Waals surface area contributed by atoms with E-state index in [0.717, 1.165) is 6.26 Å². The van der Waals surface area contributed by atoms with Crippen molar-refractivity contribution in [1.82, 2.24) is 4.57 Å². The average molecular weight is 299 g/mol. The lowest BCUT2D eigenvalue weighted by molar-refractivity contribution is 0.112. The minimum Gasteiger partial charge on any atom is -0.408 e. The summed E-state index contributed by atoms with van der Waals surface area (Å²) in [5.74, 6) is -0.553. The Kier molecular flexibility index (Phi) is 4.05. The minimum atomic E-state index is -3.48. The molecular weight excluding hydrogens is 286 g/mol. The van der Waals surface area contributed by atoms with E-state index < -0.39 is 15.9 Å². The first-order chi connectivity index (χ1) is 9.40. The molecule has 0 saturated carbocycles. The number of aromatic nitrogens is 1. The van der Waals surface area contributed by atoms with E-state index in [0.29, 0.717) is 29.4 Å². The summed E-state index contributed by atoms with van der Waals surface area (Å²) in [6, 6.07) is 4.67. The van der Waals surface area contributed by atoms with Crippen LogP contribution in [0.3, 0.4) is 0 Å². The van der Waals surface area contributed by atoms with Crippen LogP contribution in [0.2, 0.25) is 0 Å². The Morgan fingerprint density at radius 1 is 1.40 bits per heavy atom. The van der Waals surface area contributed by atoms with Gasteiger partial charge in [-0.25, -0.2) is 4.79 Å². The van der Waals surface area contributed by atoms with Gasteiger partial charge in [0.05, 0.1) is 18.4 Å². The van der Waals surface area contributed by atoms with Gasteiger partial charge in [-0.1, -0.05) is 0 Å². The van der Waals surface area contributed by atoms with Crippen molar-refractivity contribution >= 4 is 27.5 Å². The summed E-state index contributed by atoms with van der Waals surface area (Å²) in [6.07, 6.45) is 1.97. The number of fused-ring (bicyclic) bond motifs is 1. The highest BCUT2D eigenvalue weighted by Gasteiger charge is 2.10. The molecule has 7 nitrogen and oxygen atoms in total. The molecule has 0 atom stereocenters. The van der Waals surface area contributed by atoms with Crippen LogP contribution in [0.1, 0.15) is 16.8 Å². The molecule has 0 aliphatic rings. The van der Waals surface area contributed by atoms with Crippen molar-refractivity contribution in [2.24, 2.45) is 0 Å². The fourth-order valence-electron chi connectivity index (χ4n) is 1.80. The quantitative estimate of drug-likeness (QED) is 0.444. The summed E-state index contributed by atoms with van der Waals surface area (Å²) in [4.78, 5) is 22.3. The number of nitrogens with zero attached hydrogens (tertiary/aromatic N) is 1. The van der Waals surface area contributed by atoms with Crippen LogP contribution in [0.4, 0.5) is 0 Å². The zero-order valence-electron chi connectivity index (χ0n) is 10.7. The molecule has 0 saturated heterocycles. The zero-order valence-corrected chi connectivity index (χ0v) is 11.6. The largest absolute Gasteiger partial charge is 0.419 e. The highest BCUT2D eigenvalue weighted by Crippen LogP contribution is 2.14.